The average Bonchev–Trinajstić information content (AvgIpc) is 3.28. The van der Waals surface area contributed by atoms with Crippen molar-refractivity contribution in [2.24, 2.45) is 0 Å². The molecule has 0 amide bonds. The van der Waals surface area contributed by atoms with Crippen LogP contribution >= 0.6 is 23.2 Å². The second-order valence-electron chi connectivity index (χ2n) is 7.19. The minimum absolute atomic E-state index is 0.139. The summed E-state index contributed by atoms with van der Waals surface area (Å²) in [6, 6.07) is 10.2. The summed E-state index contributed by atoms with van der Waals surface area (Å²) in [5.74, 6) is -0.459. The summed E-state index contributed by atoms with van der Waals surface area (Å²) in [6.45, 7) is 4.93. The number of nitrogens with one attached hydrogen (secondary N) is 1. The van der Waals surface area contributed by atoms with Gasteiger partial charge in [-0.3, -0.25) is 0 Å². The molecule has 4 rings (SSSR count). The van der Waals surface area contributed by atoms with Gasteiger partial charge in [0.2, 0.25) is 0 Å². The minimum Gasteiger partial charge on any atom is -0.454 e. The first-order chi connectivity index (χ1) is 15.7. The Morgan fingerprint density at radius 2 is 1.76 bits per heavy atom. The fourth-order valence-corrected chi connectivity index (χ4v) is 3.93. The highest BCUT2D eigenvalue weighted by Gasteiger charge is 2.19. The summed E-state index contributed by atoms with van der Waals surface area (Å²) in [7, 11) is 0. The monoisotopic (exact) mass is 488 g/mol. The second-order valence-corrected chi connectivity index (χ2v) is 8.01. The first-order valence-corrected chi connectivity index (χ1v) is 10.5. The van der Waals surface area contributed by atoms with Gasteiger partial charge in [0.05, 0.1) is 32.7 Å². The van der Waals surface area contributed by atoms with Gasteiger partial charge in [0.25, 0.3) is 0 Å². The summed E-state index contributed by atoms with van der Waals surface area (Å²) < 4.78 is 20.1. The van der Waals surface area contributed by atoms with Crippen LogP contribution in [0, 0.1) is 20.8 Å². The van der Waals surface area contributed by atoms with Crippen molar-refractivity contribution in [3.05, 3.63) is 85.6 Å². The molecule has 0 aliphatic carbocycles. The Bertz CT molecular complexity index is 1360. The van der Waals surface area contributed by atoms with Crippen LogP contribution in [0.3, 0.4) is 0 Å². The molecule has 10 heteroatoms. The molecule has 0 bridgehead atoms. The van der Waals surface area contributed by atoms with Crippen molar-refractivity contribution in [3.63, 3.8) is 0 Å². The van der Waals surface area contributed by atoms with Gasteiger partial charge in [-0.1, -0.05) is 40.5 Å². The van der Waals surface area contributed by atoms with E-state index in [1.54, 1.807) is 50.2 Å². The number of rotatable bonds is 6. The Balaban J connectivity index is 1.59. The summed E-state index contributed by atoms with van der Waals surface area (Å²) in [4.78, 5) is 23.9. The predicted octanol–water partition coefficient (Wildman–Crippen LogP) is 6.22. The van der Waals surface area contributed by atoms with Crippen molar-refractivity contribution in [1.29, 1.82) is 0 Å². The zero-order chi connectivity index (χ0) is 23.7. The number of hydrogen-bond donors (Lipinski definition) is 1. The van der Waals surface area contributed by atoms with Gasteiger partial charge in [0.15, 0.2) is 18.1 Å². The molecule has 170 valence electrons. The van der Waals surface area contributed by atoms with Crippen LogP contribution in [0.25, 0.3) is 11.1 Å². The van der Waals surface area contributed by atoms with Crippen LogP contribution < -0.4 is 11.1 Å². The van der Waals surface area contributed by atoms with Gasteiger partial charge in [0, 0.05) is 5.56 Å². The van der Waals surface area contributed by atoms with Crippen molar-refractivity contribution in [3.8, 4) is 11.1 Å². The summed E-state index contributed by atoms with van der Waals surface area (Å²) in [5.41, 5.74) is 3.39. The number of para-hydroxylation sites is 1. The standard InChI is InChI=1S/C23H18Cl2N2O6/c1-11-20(13(3)33-27-11)14-8-16(24)21(17(25)9-14)26-18-7-5-4-6-15(18)22(28)30-10-19-12(2)31-23(29)32-19/h4-9,26H,10H2,1-3H3. The molecule has 0 aliphatic heterocycles. The molecule has 0 atom stereocenters. The second kappa shape index (κ2) is 9.17. The molecule has 4 aromatic rings. The van der Waals surface area contributed by atoms with Gasteiger partial charge < -0.3 is 23.4 Å². The number of ether oxygens (including phenoxy) is 1. The van der Waals surface area contributed by atoms with Crippen LogP contribution in [0.4, 0.5) is 11.4 Å². The third-order valence-corrected chi connectivity index (χ3v) is 5.54. The highest BCUT2D eigenvalue weighted by atomic mass is 35.5. The van der Waals surface area contributed by atoms with E-state index in [2.05, 4.69) is 10.5 Å². The van der Waals surface area contributed by atoms with E-state index in [0.29, 0.717) is 27.2 Å². The lowest BCUT2D eigenvalue weighted by Crippen LogP contribution is -2.08. The molecule has 0 spiro atoms. The van der Waals surface area contributed by atoms with Crippen LogP contribution in [0.5, 0.6) is 0 Å². The van der Waals surface area contributed by atoms with E-state index in [-0.39, 0.29) is 23.7 Å². The molecule has 0 saturated heterocycles. The van der Waals surface area contributed by atoms with E-state index in [0.717, 1.165) is 16.8 Å². The molecule has 0 unspecified atom stereocenters. The van der Waals surface area contributed by atoms with Crippen molar-refractivity contribution >= 4 is 40.5 Å². The summed E-state index contributed by atoms with van der Waals surface area (Å²) in [6.07, 6.45) is 0. The van der Waals surface area contributed by atoms with Gasteiger partial charge in [-0.15, -0.1) is 0 Å². The van der Waals surface area contributed by atoms with Gasteiger partial charge in [0.1, 0.15) is 5.76 Å². The fourth-order valence-electron chi connectivity index (χ4n) is 3.35. The number of benzene rings is 2. The molecule has 2 aromatic heterocycles. The molecular weight excluding hydrogens is 471 g/mol. The maximum atomic E-state index is 12.7. The number of aryl methyl sites for hydroxylation is 3. The Labute approximate surface area is 198 Å². The lowest BCUT2D eigenvalue weighted by atomic mass is 10.0. The van der Waals surface area contributed by atoms with Crippen LogP contribution in [0.1, 0.15) is 33.3 Å². The smallest absolute Gasteiger partial charge is 0.454 e. The summed E-state index contributed by atoms with van der Waals surface area (Å²) in [5, 5.41) is 7.76. The zero-order valence-electron chi connectivity index (χ0n) is 17.8. The molecule has 0 fully saturated rings. The predicted molar refractivity (Wildman–Crippen MR) is 122 cm³/mol. The van der Waals surface area contributed by atoms with Crippen molar-refractivity contribution in [2.45, 2.75) is 27.4 Å². The first-order valence-electron chi connectivity index (χ1n) is 9.79. The average molecular weight is 489 g/mol. The molecule has 8 nitrogen and oxygen atoms in total. The highest BCUT2D eigenvalue weighted by molar-refractivity contribution is 6.39. The largest absolute Gasteiger partial charge is 0.519 e. The lowest BCUT2D eigenvalue weighted by molar-refractivity contribution is 0.0444. The summed E-state index contributed by atoms with van der Waals surface area (Å²) >= 11 is 13.1. The molecule has 0 radical (unpaired) electrons. The van der Waals surface area contributed by atoms with Crippen molar-refractivity contribution in [1.82, 2.24) is 5.16 Å². The number of aromatic nitrogens is 1. The van der Waals surface area contributed by atoms with Crippen LogP contribution in [0.2, 0.25) is 10.0 Å². The Morgan fingerprint density at radius 3 is 2.36 bits per heavy atom. The zero-order valence-corrected chi connectivity index (χ0v) is 19.3. The third-order valence-electron chi connectivity index (χ3n) is 4.94. The van der Waals surface area contributed by atoms with Crippen molar-refractivity contribution < 1.29 is 22.9 Å². The number of carbonyl (C=O) groups is 1. The van der Waals surface area contributed by atoms with E-state index in [9.17, 15) is 9.59 Å². The Morgan fingerprint density at radius 1 is 1.06 bits per heavy atom. The van der Waals surface area contributed by atoms with Gasteiger partial charge in [-0.2, -0.15) is 0 Å². The molecule has 2 aromatic carbocycles. The number of halogens is 2. The number of carbonyl (C=O) groups excluding carboxylic acids is 1. The quantitative estimate of drug-likeness (QED) is 0.318. The van der Waals surface area contributed by atoms with Gasteiger partial charge in [-0.25, -0.2) is 9.59 Å². The fraction of sp³-hybridized carbons (Fsp3) is 0.174. The van der Waals surface area contributed by atoms with E-state index in [4.69, 9.17) is 41.3 Å². The number of anilines is 2. The Kier molecular flexibility index (Phi) is 6.31. The maximum Gasteiger partial charge on any atom is 0.519 e. The molecule has 0 saturated carbocycles. The maximum absolute atomic E-state index is 12.7. The Hall–Kier alpha value is -3.49. The van der Waals surface area contributed by atoms with E-state index in [1.807, 2.05) is 6.92 Å². The van der Waals surface area contributed by atoms with Crippen molar-refractivity contribution in [2.75, 3.05) is 5.32 Å². The van der Waals surface area contributed by atoms with E-state index < -0.39 is 11.8 Å². The van der Waals surface area contributed by atoms with Crippen LogP contribution in [-0.4, -0.2) is 11.1 Å². The molecule has 2 heterocycles. The number of nitrogens with zero attached hydrogens (tertiary/aromatic N) is 1. The van der Waals surface area contributed by atoms with E-state index in [1.165, 1.54) is 0 Å². The molecule has 1 N–H and O–H groups in total. The third kappa shape index (κ3) is 4.67. The minimum atomic E-state index is -0.857. The lowest BCUT2D eigenvalue weighted by Gasteiger charge is -2.15. The topological polar surface area (TPSA) is 108 Å². The highest BCUT2D eigenvalue weighted by Crippen LogP contribution is 2.39. The van der Waals surface area contributed by atoms with Crippen LogP contribution in [0.15, 0.2) is 54.6 Å². The molecule has 33 heavy (non-hydrogen) atoms. The SMILES string of the molecule is Cc1noc(C)c1-c1cc(Cl)c(Nc2ccccc2C(=O)OCc2oc(=O)oc2C)c(Cl)c1. The molecular formula is C23H18Cl2N2O6. The first kappa shape index (κ1) is 22.7. The number of hydrogen-bond acceptors (Lipinski definition) is 8. The van der Waals surface area contributed by atoms with Crippen LogP contribution in [-0.2, 0) is 11.3 Å². The van der Waals surface area contributed by atoms with Gasteiger partial charge >= 0.3 is 11.8 Å². The normalized spacial score (nSPS) is 10.9. The van der Waals surface area contributed by atoms with E-state index >= 15 is 0 Å². The van der Waals surface area contributed by atoms with Gasteiger partial charge in [-0.05, 0) is 50.6 Å². The molecule has 0 aliphatic rings. The number of esters is 1.